The Bertz CT molecular complexity index is 610. The molecular weight excluding hydrogens is 286 g/mol. The third-order valence-electron chi connectivity index (χ3n) is 4.45. The Balaban J connectivity index is 1.83. The van der Waals surface area contributed by atoms with Crippen molar-refractivity contribution in [2.45, 2.75) is 50.0 Å². The molecular formula is C16H23NO3S. The van der Waals surface area contributed by atoms with Gasteiger partial charge in [0.25, 0.3) is 0 Å². The molecule has 1 fully saturated rings. The molecule has 1 aliphatic heterocycles. The highest BCUT2D eigenvalue weighted by atomic mass is 32.2. The number of sulfonamides is 1. The molecule has 116 valence electrons. The van der Waals surface area contributed by atoms with Gasteiger partial charge in [0.2, 0.25) is 10.0 Å². The first kappa shape index (κ1) is 15.0. The van der Waals surface area contributed by atoms with Crippen LogP contribution in [0.15, 0.2) is 23.1 Å². The fourth-order valence-corrected chi connectivity index (χ4v) is 4.91. The van der Waals surface area contributed by atoms with Crippen molar-refractivity contribution in [2.24, 2.45) is 0 Å². The molecule has 1 aromatic carbocycles. The average molecular weight is 309 g/mol. The highest BCUT2D eigenvalue weighted by molar-refractivity contribution is 7.89. The van der Waals surface area contributed by atoms with E-state index in [1.54, 1.807) is 10.4 Å². The summed E-state index contributed by atoms with van der Waals surface area (Å²) in [5.74, 6) is 0. The molecule has 21 heavy (non-hydrogen) atoms. The fourth-order valence-electron chi connectivity index (χ4n) is 3.35. The summed E-state index contributed by atoms with van der Waals surface area (Å²) in [5, 5.41) is 0. The van der Waals surface area contributed by atoms with E-state index in [0.29, 0.717) is 24.6 Å². The fraction of sp³-hybridized carbons (Fsp3) is 0.625. The monoisotopic (exact) mass is 309 g/mol. The lowest BCUT2D eigenvalue weighted by Gasteiger charge is -2.31. The summed E-state index contributed by atoms with van der Waals surface area (Å²) in [6.07, 6.45) is 5.06. The number of aryl methyl sites for hydroxylation is 2. The van der Waals surface area contributed by atoms with Crippen LogP contribution >= 0.6 is 0 Å². The van der Waals surface area contributed by atoms with Crippen molar-refractivity contribution >= 4 is 10.0 Å². The van der Waals surface area contributed by atoms with Gasteiger partial charge in [0.15, 0.2) is 0 Å². The summed E-state index contributed by atoms with van der Waals surface area (Å²) in [6, 6.07) is 5.63. The molecule has 0 aromatic heterocycles. The van der Waals surface area contributed by atoms with Gasteiger partial charge in [-0.1, -0.05) is 6.07 Å². The highest BCUT2D eigenvalue weighted by Gasteiger charge is 2.31. The average Bonchev–Trinajstić information content (AvgIpc) is 2.95. The second kappa shape index (κ2) is 6.07. The number of hydrogen-bond donors (Lipinski definition) is 0. The number of nitrogens with zero attached hydrogens (tertiary/aromatic N) is 1. The van der Waals surface area contributed by atoms with Crippen LogP contribution in [0.25, 0.3) is 0 Å². The molecule has 0 bridgehead atoms. The Kier molecular flexibility index (Phi) is 4.33. The van der Waals surface area contributed by atoms with E-state index < -0.39 is 10.0 Å². The van der Waals surface area contributed by atoms with Gasteiger partial charge < -0.3 is 4.74 Å². The number of rotatable bonds is 4. The Morgan fingerprint density at radius 2 is 2.05 bits per heavy atom. The van der Waals surface area contributed by atoms with Crippen molar-refractivity contribution in [1.82, 2.24) is 4.31 Å². The number of piperidine rings is 1. The summed E-state index contributed by atoms with van der Waals surface area (Å²) in [5.41, 5.74) is 2.51. The first-order valence-electron chi connectivity index (χ1n) is 7.85. The predicted octanol–water partition coefficient (Wildman–Crippen LogP) is 2.36. The molecule has 2 aliphatic rings. The van der Waals surface area contributed by atoms with Crippen molar-refractivity contribution in [3.8, 4) is 0 Å². The Morgan fingerprint density at radius 3 is 2.86 bits per heavy atom. The number of hydrogen-bond acceptors (Lipinski definition) is 3. The smallest absolute Gasteiger partial charge is 0.243 e. The quantitative estimate of drug-likeness (QED) is 0.858. The minimum Gasteiger partial charge on any atom is -0.377 e. The van der Waals surface area contributed by atoms with Crippen LogP contribution in [0, 0.1) is 0 Å². The van der Waals surface area contributed by atoms with E-state index in [9.17, 15) is 8.42 Å². The van der Waals surface area contributed by atoms with E-state index in [-0.39, 0.29) is 6.10 Å². The molecule has 1 unspecified atom stereocenters. The standard InChI is InChI=1S/C16H23NO3S/c1-2-20-15-7-4-10-17(12-15)21(18,19)16-9-8-13-5-3-6-14(13)11-16/h8-9,11,15H,2-7,10,12H2,1H3. The maximum atomic E-state index is 12.8. The zero-order chi connectivity index (χ0) is 14.9. The molecule has 1 atom stereocenters. The molecule has 0 spiro atoms. The summed E-state index contributed by atoms with van der Waals surface area (Å²) in [6.45, 7) is 3.67. The molecule has 1 aliphatic carbocycles. The molecule has 1 heterocycles. The maximum Gasteiger partial charge on any atom is 0.243 e. The van der Waals surface area contributed by atoms with E-state index in [1.807, 2.05) is 19.1 Å². The van der Waals surface area contributed by atoms with Gasteiger partial charge in [0.1, 0.15) is 0 Å². The van der Waals surface area contributed by atoms with Crippen LogP contribution in [-0.4, -0.2) is 38.5 Å². The number of benzene rings is 1. The lowest BCUT2D eigenvalue weighted by atomic mass is 10.1. The summed E-state index contributed by atoms with van der Waals surface area (Å²) in [4.78, 5) is 0.445. The molecule has 0 N–H and O–H groups in total. The molecule has 5 heteroatoms. The van der Waals surface area contributed by atoms with E-state index >= 15 is 0 Å². The molecule has 1 aromatic rings. The Morgan fingerprint density at radius 1 is 1.24 bits per heavy atom. The summed E-state index contributed by atoms with van der Waals surface area (Å²) in [7, 11) is -3.38. The third-order valence-corrected chi connectivity index (χ3v) is 6.31. The molecule has 4 nitrogen and oxygen atoms in total. The van der Waals surface area contributed by atoms with Crippen LogP contribution < -0.4 is 0 Å². The van der Waals surface area contributed by atoms with Gasteiger partial charge in [0, 0.05) is 19.7 Å². The summed E-state index contributed by atoms with van der Waals surface area (Å²) < 4.78 is 32.8. The maximum absolute atomic E-state index is 12.8. The van der Waals surface area contributed by atoms with Crippen LogP contribution in [0.2, 0.25) is 0 Å². The predicted molar refractivity (Wildman–Crippen MR) is 81.9 cm³/mol. The van der Waals surface area contributed by atoms with Crippen LogP contribution in [-0.2, 0) is 27.6 Å². The van der Waals surface area contributed by atoms with E-state index in [4.69, 9.17) is 4.74 Å². The zero-order valence-electron chi connectivity index (χ0n) is 12.5. The van der Waals surface area contributed by atoms with E-state index in [0.717, 1.165) is 32.1 Å². The Hall–Kier alpha value is -0.910. The topological polar surface area (TPSA) is 46.6 Å². The molecule has 0 saturated carbocycles. The molecule has 0 amide bonds. The van der Waals surface area contributed by atoms with Gasteiger partial charge in [-0.25, -0.2) is 8.42 Å². The van der Waals surface area contributed by atoms with Gasteiger partial charge in [-0.15, -0.1) is 0 Å². The summed E-state index contributed by atoms with van der Waals surface area (Å²) >= 11 is 0. The van der Waals surface area contributed by atoms with Crippen molar-refractivity contribution in [1.29, 1.82) is 0 Å². The first-order chi connectivity index (χ1) is 10.1. The number of ether oxygens (including phenoxy) is 1. The van der Waals surface area contributed by atoms with Crippen molar-refractivity contribution in [3.05, 3.63) is 29.3 Å². The van der Waals surface area contributed by atoms with Crippen molar-refractivity contribution < 1.29 is 13.2 Å². The van der Waals surface area contributed by atoms with Crippen molar-refractivity contribution in [2.75, 3.05) is 19.7 Å². The van der Waals surface area contributed by atoms with Gasteiger partial charge in [-0.3, -0.25) is 0 Å². The van der Waals surface area contributed by atoms with Crippen molar-refractivity contribution in [3.63, 3.8) is 0 Å². The van der Waals surface area contributed by atoms with Gasteiger partial charge >= 0.3 is 0 Å². The third kappa shape index (κ3) is 3.00. The van der Waals surface area contributed by atoms with Crippen LogP contribution in [0.4, 0.5) is 0 Å². The molecule has 1 saturated heterocycles. The van der Waals surface area contributed by atoms with E-state index in [1.165, 1.54) is 11.1 Å². The van der Waals surface area contributed by atoms with Crippen LogP contribution in [0.1, 0.15) is 37.3 Å². The van der Waals surface area contributed by atoms with Crippen LogP contribution in [0.3, 0.4) is 0 Å². The van der Waals surface area contributed by atoms with Gasteiger partial charge in [0.05, 0.1) is 11.0 Å². The minimum absolute atomic E-state index is 0.0351. The molecule has 3 rings (SSSR count). The SMILES string of the molecule is CCOC1CCCN(S(=O)(=O)c2ccc3c(c2)CCC3)C1. The normalized spacial score (nSPS) is 23.2. The molecule has 0 radical (unpaired) electrons. The largest absolute Gasteiger partial charge is 0.377 e. The second-order valence-electron chi connectivity index (χ2n) is 5.87. The van der Waals surface area contributed by atoms with Gasteiger partial charge in [-0.2, -0.15) is 4.31 Å². The lowest BCUT2D eigenvalue weighted by Crippen LogP contribution is -2.43. The Labute approximate surface area is 127 Å². The lowest BCUT2D eigenvalue weighted by molar-refractivity contribution is 0.0265. The second-order valence-corrected chi connectivity index (χ2v) is 7.80. The minimum atomic E-state index is -3.38. The first-order valence-corrected chi connectivity index (χ1v) is 9.29. The van der Waals surface area contributed by atoms with Crippen LogP contribution in [0.5, 0.6) is 0 Å². The van der Waals surface area contributed by atoms with Gasteiger partial charge in [-0.05, 0) is 62.3 Å². The number of fused-ring (bicyclic) bond motifs is 1. The van der Waals surface area contributed by atoms with E-state index in [2.05, 4.69) is 0 Å². The highest BCUT2D eigenvalue weighted by Crippen LogP contribution is 2.27. The zero-order valence-corrected chi connectivity index (χ0v) is 13.4.